The number of nitrogens with zero attached hydrogens (tertiary/aromatic N) is 2. The first-order chi connectivity index (χ1) is 28.2. The summed E-state index contributed by atoms with van der Waals surface area (Å²) in [6.07, 6.45) is 7.46. The summed E-state index contributed by atoms with van der Waals surface area (Å²) in [6, 6.07) is 22.4. The van der Waals surface area contributed by atoms with E-state index in [1.165, 1.54) is 11.3 Å². The number of fused-ring (bicyclic) bond motifs is 1. The van der Waals surface area contributed by atoms with E-state index in [9.17, 15) is 29.1 Å². The van der Waals surface area contributed by atoms with Gasteiger partial charge in [0, 0.05) is 55.3 Å². The van der Waals surface area contributed by atoms with Crippen molar-refractivity contribution < 1.29 is 34.2 Å². The van der Waals surface area contributed by atoms with E-state index in [0.717, 1.165) is 78.5 Å². The second-order valence-electron chi connectivity index (χ2n) is 16.2. The maximum absolute atomic E-state index is 14.0. The van der Waals surface area contributed by atoms with Crippen LogP contribution in [0.4, 0.5) is 10.7 Å². The molecule has 1 aromatic heterocycles. The Morgan fingerprint density at radius 1 is 0.780 bits per heavy atom. The van der Waals surface area contributed by atoms with Crippen LogP contribution in [0.5, 0.6) is 0 Å². The molecule has 4 aromatic rings. The van der Waals surface area contributed by atoms with Gasteiger partial charge in [0.2, 0.25) is 5.91 Å². The molecule has 0 spiro atoms. The van der Waals surface area contributed by atoms with E-state index in [1.54, 1.807) is 44.0 Å². The summed E-state index contributed by atoms with van der Waals surface area (Å²) in [4.78, 5) is 68.6. The molecule has 3 aromatic carbocycles. The zero-order valence-corrected chi connectivity index (χ0v) is 35.8. The number of carbonyl (C=O) groups excluding carboxylic acids is 3. The Morgan fingerprint density at radius 3 is 2.05 bits per heavy atom. The van der Waals surface area contributed by atoms with E-state index in [1.807, 2.05) is 54.6 Å². The van der Waals surface area contributed by atoms with Crippen molar-refractivity contribution in [3.63, 3.8) is 0 Å². The number of thiophene rings is 1. The predicted molar refractivity (Wildman–Crippen MR) is 234 cm³/mol. The molecule has 59 heavy (non-hydrogen) atoms. The number of anilines is 2. The standard InChI is InChI=1S/C47H58N4O7S/c1-6-37(7-2)51(28-27-50(5)40(52)25-26-47(3,4)46(57)58)30-33-11-10-12-35(29-33)42(53)49-44-41(38-13-8-9-14-39(38)59-44)43(54)48-36-23-19-32(20-24-36)16-15-31-17-21-34(22-18-31)45(55)56/h10-12,17-24,29,37H,6-9,13-16,25-28,30H2,1-5H3,(H,48,54)(H,49,53)(H,55,56)(H,57,58). The second kappa shape index (κ2) is 20.6. The summed E-state index contributed by atoms with van der Waals surface area (Å²) in [6.45, 7) is 9.26. The summed E-state index contributed by atoms with van der Waals surface area (Å²) in [5.41, 5.74) is 5.07. The number of nitrogens with one attached hydrogen (secondary N) is 2. The van der Waals surface area contributed by atoms with Crippen molar-refractivity contribution in [3.05, 3.63) is 117 Å². The van der Waals surface area contributed by atoms with E-state index in [0.29, 0.717) is 41.4 Å². The van der Waals surface area contributed by atoms with Crippen LogP contribution in [0.1, 0.15) is 124 Å². The van der Waals surface area contributed by atoms with E-state index in [-0.39, 0.29) is 42.2 Å². The first kappa shape index (κ1) is 44.8. The molecule has 0 bridgehead atoms. The number of amides is 3. The summed E-state index contributed by atoms with van der Waals surface area (Å²) in [5, 5.41) is 25.3. The predicted octanol–water partition coefficient (Wildman–Crippen LogP) is 8.95. The van der Waals surface area contributed by atoms with Crippen LogP contribution in [0.2, 0.25) is 0 Å². The molecule has 0 saturated heterocycles. The Labute approximate surface area is 351 Å². The molecular weight excluding hydrogens is 765 g/mol. The molecule has 3 amide bonds. The van der Waals surface area contributed by atoms with Gasteiger partial charge in [0.1, 0.15) is 5.00 Å². The Kier molecular flexibility index (Phi) is 15.6. The Hall–Kier alpha value is -5.33. The molecule has 1 aliphatic rings. The minimum Gasteiger partial charge on any atom is -0.481 e. The van der Waals surface area contributed by atoms with Crippen LogP contribution in [0.25, 0.3) is 0 Å². The number of carboxylic acids is 2. The lowest BCUT2D eigenvalue weighted by atomic mass is 9.88. The van der Waals surface area contributed by atoms with Crippen molar-refractivity contribution >= 4 is 51.7 Å². The molecule has 4 N–H and O–H groups in total. The number of rotatable bonds is 20. The van der Waals surface area contributed by atoms with Crippen molar-refractivity contribution in [1.29, 1.82) is 0 Å². The average molecular weight is 823 g/mol. The monoisotopic (exact) mass is 822 g/mol. The number of hydrogen-bond donors (Lipinski definition) is 4. The van der Waals surface area contributed by atoms with Crippen LogP contribution >= 0.6 is 11.3 Å². The number of hydrogen-bond acceptors (Lipinski definition) is 7. The zero-order valence-electron chi connectivity index (χ0n) is 34.9. The fourth-order valence-electron chi connectivity index (χ4n) is 7.48. The second-order valence-corrected chi connectivity index (χ2v) is 17.3. The maximum atomic E-state index is 14.0. The Morgan fingerprint density at radius 2 is 1.42 bits per heavy atom. The molecule has 1 aliphatic carbocycles. The summed E-state index contributed by atoms with van der Waals surface area (Å²) >= 11 is 1.48. The summed E-state index contributed by atoms with van der Waals surface area (Å²) in [7, 11) is 1.76. The Balaban J connectivity index is 1.24. The van der Waals surface area contributed by atoms with Gasteiger partial charge in [0.25, 0.3) is 11.8 Å². The number of carbonyl (C=O) groups is 5. The number of aliphatic carboxylic acids is 1. The van der Waals surface area contributed by atoms with Crippen molar-refractivity contribution in [3.8, 4) is 0 Å². The van der Waals surface area contributed by atoms with Gasteiger partial charge in [-0.2, -0.15) is 0 Å². The van der Waals surface area contributed by atoms with Crippen LogP contribution in [-0.2, 0) is 41.8 Å². The normalized spacial score (nSPS) is 12.6. The molecule has 1 heterocycles. The van der Waals surface area contributed by atoms with E-state index < -0.39 is 17.4 Å². The van der Waals surface area contributed by atoms with Gasteiger partial charge in [-0.25, -0.2) is 4.79 Å². The van der Waals surface area contributed by atoms with Gasteiger partial charge >= 0.3 is 11.9 Å². The fraction of sp³-hybridized carbons (Fsp3) is 0.426. The molecule has 314 valence electrons. The largest absolute Gasteiger partial charge is 0.481 e. The third-order valence-electron chi connectivity index (χ3n) is 11.5. The van der Waals surface area contributed by atoms with E-state index in [2.05, 4.69) is 29.4 Å². The number of aryl methyl sites for hydroxylation is 3. The first-order valence-electron chi connectivity index (χ1n) is 20.7. The average Bonchev–Trinajstić information content (AvgIpc) is 3.60. The lowest BCUT2D eigenvalue weighted by Gasteiger charge is -2.32. The molecule has 0 fully saturated rings. The molecule has 0 unspecified atom stereocenters. The quantitative estimate of drug-likeness (QED) is 0.0689. The van der Waals surface area contributed by atoms with Gasteiger partial charge in [0.05, 0.1) is 16.5 Å². The topological polar surface area (TPSA) is 156 Å². The number of aromatic carboxylic acids is 1. The fourth-order valence-corrected chi connectivity index (χ4v) is 8.76. The van der Waals surface area contributed by atoms with Gasteiger partial charge in [-0.3, -0.25) is 24.1 Å². The maximum Gasteiger partial charge on any atom is 0.335 e. The Bertz CT molecular complexity index is 2110. The summed E-state index contributed by atoms with van der Waals surface area (Å²) < 4.78 is 0. The summed E-state index contributed by atoms with van der Waals surface area (Å²) in [5.74, 6) is -2.49. The van der Waals surface area contributed by atoms with Gasteiger partial charge in [-0.1, -0.05) is 50.2 Å². The zero-order chi connectivity index (χ0) is 42.7. The minimum atomic E-state index is -0.968. The van der Waals surface area contributed by atoms with Crippen molar-refractivity contribution in [2.75, 3.05) is 30.8 Å². The number of benzene rings is 3. The molecular formula is C47H58N4O7S. The van der Waals surface area contributed by atoms with Crippen molar-refractivity contribution in [2.24, 2.45) is 5.41 Å². The van der Waals surface area contributed by atoms with Crippen LogP contribution in [0.15, 0.2) is 72.8 Å². The molecule has 0 saturated carbocycles. The lowest BCUT2D eigenvalue weighted by molar-refractivity contribution is -0.147. The first-order valence-corrected chi connectivity index (χ1v) is 21.5. The van der Waals surface area contributed by atoms with Gasteiger partial charge in [-0.05, 0) is 130 Å². The number of carboxylic acid groups (broad SMARTS) is 2. The van der Waals surface area contributed by atoms with Gasteiger partial charge in [0.15, 0.2) is 0 Å². The molecule has 12 heteroatoms. The smallest absolute Gasteiger partial charge is 0.335 e. The molecule has 0 radical (unpaired) electrons. The molecule has 5 rings (SSSR count). The van der Waals surface area contributed by atoms with E-state index in [4.69, 9.17) is 5.11 Å². The molecule has 11 nitrogen and oxygen atoms in total. The van der Waals surface area contributed by atoms with Gasteiger partial charge < -0.3 is 25.7 Å². The van der Waals surface area contributed by atoms with Gasteiger partial charge in [-0.15, -0.1) is 11.3 Å². The molecule has 0 aliphatic heterocycles. The minimum absolute atomic E-state index is 0.0838. The highest BCUT2D eigenvalue weighted by Crippen LogP contribution is 2.39. The third kappa shape index (κ3) is 12.1. The van der Waals surface area contributed by atoms with E-state index >= 15 is 0 Å². The molecule has 0 atom stereocenters. The van der Waals surface area contributed by atoms with Crippen LogP contribution < -0.4 is 10.6 Å². The highest BCUT2D eigenvalue weighted by atomic mass is 32.1. The number of likely N-dealkylation sites (N-methyl/N-ethyl adjacent to an activating group) is 1. The van der Waals surface area contributed by atoms with Crippen molar-refractivity contribution in [1.82, 2.24) is 9.80 Å². The van der Waals surface area contributed by atoms with Crippen LogP contribution in [0.3, 0.4) is 0 Å². The highest BCUT2D eigenvalue weighted by Gasteiger charge is 2.29. The van der Waals surface area contributed by atoms with Crippen molar-refractivity contribution in [2.45, 2.75) is 104 Å². The lowest BCUT2D eigenvalue weighted by Crippen LogP contribution is -2.41. The SMILES string of the molecule is CCC(CC)N(CCN(C)C(=O)CCC(C)(C)C(=O)O)Cc1cccc(C(=O)Nc2sc3c(c2C(=O)Nc2ccc(CCc4ccc(C(=O)O)cc4)cc2)CCCC3)c1. The van der Waals surface area contributed by atoms with Crippen LogP contribution in [0, 0.1) is 5.41 Å². The van der Waals surface area contributed by atoms with Crippen LogP contribution in [-0.4, -0.2) is 75.9 Å². The third-order valence-corrected chi connectivity index (χ3v) is 12.7. The highest BCUT2D eigenvalue weighted by molar-refractivity contribution is 7.17.